The molecule has 74 valence electrons. The Labute approximate surface area is 82.9 Å². The van der Waals surface area contributed by atoms with Gasteiger partial charge in [0, 0.05) is 30.7 Å². The predicted octanol–water partition coefficient (Wildman–Crippen LogP) is 1.88. The number of H-pyrrole nitrogens is 1. The van der Waals surface area contributed by atoms with Gasteiger partial charge < -0.3 is 4.98 Å². The Kier molecular flexibility index (Phi) is 1.72. The minimum absolute atomic E-state index is 0.256. The van der Waals surface area contributed by atoms with E-state index in [1.807, 2.05) is 6.20 Å². The van der Waals surface area contributed by atoms with Crippen LogP contribution >= 0.6 is 0 Å². The van der Waals surface area contributed by atoms with Crippen molar-refractivity contribution in [2.75, 3.05) is 0 Å². The molecule has 1 heterocycles. The molecule has 3 unspecified atom stereocenters. The summed E-state index contributed by atoms with van der Waals surface area (Å²) >= 11 is 0. The molecule has 1 aromatic rings. The number of hydrogen-bond acceptors (Lipinski definition) is 2. The molecule has 3 aliphatic rings. The van der Waals surface area contributed by atoms with E-state index in [-0.39, 0.29) is 5.92 Å². The van der Waals surface area contributed by atoms with Crippen LogP contribution in [-0.2, 0) is 4.79 Å². The third kappa shape index (κ3) is 1.11. The minimum Gasteiger partial charge on any atom is -0.348 e. The Morgan fingerprint density at radius 1 is 1.36 bits per heavy atom. The Morgan fingerprint density at radius 2 is 2.29 bits per heavy atom. The molecule has 0 amide bonds. The molecular weight excluding hydrogens is 176 g/mol. The van der Waals surface area contributed by atoms with Gasteiger partial charge in [-0.25, -0.2) is 4.98 Å². The standard InChI is InChI=1S/C11H14N2O/c14-10-6-7-1-2-8(10)9(5-7)11-12-3-4-13-11/h3-4,7-9H,1-2,5-6H2,(H,12,13). The van der Waals surface area contributed by atoms with Gasteiger partial charge in [-0.1, -0.05) is 0 Å². The number of ketones is 1. The van der Waals surface area contributed by atoms with E-state index in [4.69, 9.17) is 0 Å². The molecule has 2 bridgehead atoms. The summed E-state index contributed by atoms with van der Waals surface area (Å²) in [5, 5.41) is 0. The number of hydrogen-bond donors (Lipinski definition) is 1. The lowest BCUT2D eigenvalue weighted by Gasteiger charge is -2.40. The van der Waals surface area contributed by atoms with Gasteiger partial charge >= 0.3 is 0 Å². The van der Waals surface area contributed by atoms with E-state index in [9.17, 15) is 4.79 Å². The molecule has 0 aromatic carbocycles. The maximum atomic E-state index is 11.7. The van der Waals surface area contributed by atoms with Crippen LogP contribution < -0.4 is 0 Å². The molecule has 0 spiro atoms. The Bertz CT molecular complexity index is 344. The van der Waals surface area contributed by atoms with E-state index in [0.29, 0.717) is 17.6 Å². The van der Waals surface area contributed by atoms with E-state index >= 15 is 0 Å². The van der Waals surface area contributed by atoms with Gasteiger partial charge in [0.2, 0.25) is 0 Å². The molecule has 1 N–H and O–H groups in total. The van der Waals surface area contributed by atoms with Crippen LogP contribution in [0.5, 0.6) is 0 Å². The second-order valence-electron chi connectivity index (χ2n) is 4.54. The van der Waals surface area contributed by atoms with Crippen molar-refractivity contribution in [2.45, 2.75) is 31.6 Å². The highest BCUT2D eigenvalue weighted by atomic mass is 16.1. The number of imidazole rings is 1. The molecule has 3 fully saturated rings. The van der Waals surface area contributed by atoms with Crippen molar-refractivity contribution >= 4 is 5.78 Å². The van der Waals surface area contributed by atoms with Crippen LogP contribution in [0.15, 0.2) is 12.4 Å². The molecule has 4 rings (SSSR count). The normalized spacial score (nSPS) is 36.3. The summed E-state index contributed by atoms with van der Waals surface area (Å²) in [6.45, 7) is 0. The van der Waals surface area contributed by atoms with Crippen LogP contribution in [-0.4, -0.2) is 15.8 Å². The van der Waals surface area contributed by atoms with Crippen molar-refractivity contribution in [3.8, 4) is 0 Å². The van der Waals surface area contributed by atoms with Crippen molar-refractivity contribution < 1.29 is 4.79 Å². The topological polar surface area (TPSA) is 45.8 Å². The molecule has 0 radical (unpaired) electrons. The fourth-order valence-electron chi connectivity index (χ4n) is 3.05. The highest BCUT2D eigenvalue weighted by molar-refractivity contribution is 5.83. The van der Waals surface area contributed by atoms with Crippen LogP contribution in [0, 0.1) is 11.8 Å². The maximum absolute atomic E-state index is 11.7. The van der Waals surface area contributed by atoms with Crippen LogP contribution in [0.3, 0.4) is 0 Å². The zero-order valence-corrected chi connectivity index (χ0v) is 8.07. The summed E-state index contributed by atoms with van der Waals surface area (Å²) in [6.07, 6.45) is 7.93. The first-order chi connectivity index (χ1) is 6.84. The number of Topliss-reactive ketones (excluding diaryl/α,β-unsaturated/α-hetero) is 1. The average Bonchev–Trinajstić information content (AvgIpc) is 2.70. The second-order valence-corrected chi connectivity index (χ2v) is 4.54. The predicted molar refractivity (Wildman–Crippen MR) is 51.8 cm³/mol. The van der Waals surface area contributed by atoms with Gasteiger partial charge in [0.25, 0.3) is 0 Å². The van der Waals surface area contributed by atoms with Gasteiger partial charge in [-0.3, -0.25) is 4.79 Å². The van der Waals surface area contributed by atoms with E-state index in [1.165, 1.54) is 6.42 Å². The molecule has 3 nitrogen and oxygen atoms in total. The van der Waals surface area contributed by atoms with Crippen molar-refractivity contribution in [1.29, 1.82) is 0 Å². The first-order valence-corrected chi connectivity index (χ1v) is 5.36. The summed E-state index contributed by atoms with van der Waals surface area (Å²) in [7, 11) is 0. The van der Waals surface area contributed by atoms with Crippen molar-refractivity contribution in [2.24, 2.45) is 11.8 Å². The molecule has 3 atom stereocenters. The minimum atomic E-state index is 0.256. The van der Waals surface area contributed by atoms with Gasteiger partial charge in [0.05, 0.1) is 0 Å². The summed E-state index contributed by atoms with van der Waals surface area (Å²) < 4.78 is 0. The largest absolute Gasteiger partial charge is 0.348 e. The Morgan fingerprint density at radius 3 is 2.93 bits per heavy atom. The number of nitrogens with zero attached hydrogens (tertiary/aromatic N) is 1. The van der Waals surface area contributed by atoms with Crippen LogP contribution in [0.25, 0.3) is 0 Å². The number of fused-ring (bicyclic) bond motifs is 3. The smallest absolute Gasteiger partial charge is 0.136 e. The molecule has 0 saturated heterocycles. The van der Waals surface area contributed by atoms with E-state index in [0.717, 1.165) is 25.1 Å². The molecular formula is C11H14N2O. The fraction of sp³-hybridized carbons (Fsp3) is 0.636. The van der Waals surface area contributed by atoms with Crippen LogP contribution in [0.1, 0.15) is 37.4 Å². The zero-order chi connectivity index (χ0) is 9.54. The molecule has 3 heteroatoms. The zero-order valence-electron chi connectivity index (χ0n) is 8.07. The van der Waals surface area contributed by atoms with E-state index < -0.39 is 0 Å². The number of nitrogens with one attached hydrogen (secondary N) is 1. The maximum Gasteiger partial charge on any atom is 0.136 e. The van der Waals surface area contributed by atoms with Crippen molar-refractivity contribution in [3.63, 3.8) is 0 Å². The number of aromatic nitrogens is 2. The van der Waals surface area contributed by atoms with Crippen molar-refractivity contribution in [1.82, 2.24) is 9.97 Å². The first-order valence-electron chi connectivity index (χ1n) is 5.36. The van der Waals surface area contributed by atoms with Crippen LogP contribution in [0.2, 0.25) is 0 Å². The Hall–Kier alpha value is -1.12. The third-order valence-electron chi connectivity index (χ3n) is 3.73. The fourth-order valence-corrected chi connectivity index (χ4v) is 3.05. The monoisotopic (exact) mass is 190 g/mol. The Balaban J connectivity index is 1.91. The first kappa shape index (κ1) is 8.21. The van der Waals surface area contributed by atoms with Gasteiger partial charge in [-0.05, 0) is 25.2 Å². The number of rotatable bonds is 1. The summed E-state index contributed by atoms with van der Waals surface area (Å²) in [5.41, 5.74) is 0. The lowest BCUT2D eigenvalue weighted by molar-refractivity contribution is -0.130. The van der Waals surface area contributed by atoms with E-state index in [2.05, 4.69) is 9.97 Å². The molecule has 3 saturated carbocycles. The summed E-state index contributed by atoms with van der Waals surface area (Å²) in [5.74, 6) is 2.75. The third-order valence-corrected chi connectivity index (χ3v) is 3.73. The SMILES string of the molecule is O=C1CC2CCC1C(c1ncc[nH]1)C2. The van der Waals surface area contributed by atoms with Crippen LogP contribution in [0.4, 0.5) is 0 Å². The quantitative estimate of drug-likeness (QED) is 0.735. The summed E-state index contributed by atoms with van der Waals surface area (Å²) in [4.78, 5) is 19.2. The highest BCUT2D eigenvalue weighted by Crippen LogP contribution is 2.46. The lowest BCUT2D eigenvalue weighted by Crippen LogP contribution is -2.37. The van der Waals surface area contributed by atoms with Gasteiger partial charge in [0.15, 0.2) is 0 Å². The number of carbonyl (C=O) groups excluding carboxylic acids is 1. The average molecular weight is 190 g/mol. The van der Waals surface area contributed by atoms with Crippen molar-refractivity contribution in [3.05, 3.63) is 18.2 Å². The molecule has 0 aliphatic heterocycles. The summed E-state index contributed by atoms with van der Waals surface area (Å²) in [6, 6.07) is 0. The lowest BCUT2D eigenvalue weighted by atomic mass is 9.64. The number of carbonyl (C=O) groups is 1. The van der Waals surface area contributed by atoms with Gasteiger partial charge in [-0.15, -0.1) is 0 Å². The van der Waals surface area contributed by atoms with Gasteiger partial charge in [0.1, 0.15) is 11.6 Å². The number of aromatic amines is 1. The molecule has 1 aromatic heterocycles. The highest BCUT2D eigenvalue weighted by Gasteiger charge is 2.42. The molecule has 14 heavy (non-hydrogen) atoms. The molecule has 3 aliphatic carbocycles. The second kappa shape index (κ2) is 2.94. The van der Waals surface area contributed by atoms with E-state index in [1.54, 1.807) is 6.20 Å². The van der Waals surface area contributed by atoms with Gasteiger partial charge in [-0.2, -0.15) is 0 Å².